The minimum Gasteiger partial charge on any atom is -0.850 e. The second kappa shape index (κ2) is 33.3. The van der Waals surface area contributed by atoms with Gasteiger partial charge in [-0.25, -0.2) is 19.2 Å². The maximum absolute atomic E-state index is 11.2. The normalized spacial score (nSPS) is 10.7. The van der Waals surface area contributed by atoms with E-state index in [-0.39, 0.29) is 95.1 Å². The van der Waals surface area contributed by atoms with Gasteiger partial charge in [0.25, 0.3) is 0 Å². The SMILES string of the molecule is CC(C)(C)OC(=O)CBr.CC(C)(C)OC(=O)COCOCC(=O)OC(C)(C)C.CC(C)(C)[O-].O=C(O)COCOCC(=O)O.OCO.[K+]. The van der Waals surface area contributed by atoms with Crippen LogP contribution < -0.4 is 56.5 Å². The minimum absolute atomic E-state index is 0. The zero-order valence-corrected chi connectivity index (χ0v) is 35.3. The molecule has 0 heterocycles. The average molecular weight is 796 g/mol. The molecule has 0 bridgehead atoms. The van der Waals surface area contributed by atoms with Gasteiger partial charge in [-0.2, -0.15) is 0 Å². The Bertz CT molecular complexity index is 791. The number of aliphatic hydroxyl groups is 2. The van der Waals surface area contributed by atoms with Crippen molar-refractivity contribution in [3.8, 4) is 0 Å². The molecule has 0 saturated heterocycles. The van der Waals surface area contributed by atoms with Crippen molar-refractivity contribution in [2.24, 2.45) is 0 Å². The van der Waals surface area contributed by atoms with Crippen molar-refractivity contribution >= 4 is 45.8 Å². The third-order valence-electron chi connectivity index (χ3n) is 2.59. The van der Waals surface area contributed by atoms with Crippen LogP contribution in [-0.2, 0) is 57.1 Å². The molecule has 0 spiro atoms. The number of halogens is 1. The quantitative estimate of drug-likeness (QED) is 0.0418. The number of hydrogen-bond donors (Lipinski definition) is 4. The predicted octanol–water partition coefficient (Wildman–Crippen LogP) is -1.39. The largest absolute Gasteiger partial charge is 1.00 e. The van der Waals surface area contributed by atoms with Crippen LogP contribution in [0.3, 0.4) is 0 Å². The Morgan fingerprint density at radius 1 is 0.542 bits per heavy atom. The second-order valence-electron chi connectivity index (χ2n) is 12.6. The van der Waals surface area contributed by atoms with Gasteiger partial charge in [0.05, 0.1) is 0 Å². The van der Waals surface area contributed by atoms with Crippen LogP contribution in [0.15, 0.2) is 0 Å². The molecule has 17 nitrogen and oxygen atoms in total. The molecular weight excluding hydrogens is 739 g/mol. The predicted molar refractivity (Wildman–Crippen MR) is 169 cm³/mol. The van der Waals surface area contributed by atoms with Crippen LogP contribution in [0.4, 0.5) is 0 Å². The summed E-state index contributed by atoms with van der Waals surface area (Å²) >= 11 is 2.99. The van der Waals surface area contributed by atoms with E-state index in [1.807, 2.05) is 20.8 Å². The zero-order chi connectivity index (χ0) is 38.5. The van der Waals surface area contributed by atoms with Crippen molar-refractivity contribution in [3.63, 3.8) is 0 Å². The van der Waals surface area contributed by atoms with Crippen LogP contribution >= 0.6 is 15.9 Å². The summed E-state index contributed by atoms with van der Waals surface area (Å²) < 4.78 is 33.5. The zero-order valence-electron chi connectivity index (χ0n) is 30.6. The monoisotopic (exact) mass is 794 g/mol. The van der Waals surface area contributed by atoms with Crippen molar-refractivity contribution < 1.29 is 134 Å². The summed E-state index contributed by atoms with van der Waals surface area (Å²) in [5, 5.41) is 40.7. The van der Waals surface area contributed by atoms with E-state index in [2.05, 4.69) is 25.4 Å². The molecule has 4 N–H and O–H groups in total. The molecule has 0 aliphatic rings. The van der Waals surface area contributed by atoms with Gasteiger partial charge in [0.1, 0.15) is 68.9 Å². The van der Waals surface area contributed by atoms with Gasteiger partial charge in [-0.05, 0) is 62.3 Å². The first kappa shape index (κ1) is 59.3. The van der Waals surface area contributed by atoms with Crippen LogP contribution in [0.25, 0.3) is 0 Å². The molecule has 19 heteroatoms. The van der Waals surface area contributed by atoms with Gasteiger partial charge < -0.3 is 58.7 Å². The number of alkyl halides is 1. The number of rotatable bonds is 13. The number of aliphatic carboxylic acids is 2. The van der Waals surface area contributed by atoms with Gasteiger partial charge in [-0.1, -0.05) is 36.7 Å². The van der Waals surface area contributed by atoms with Crippen molar-refractivity contribution in [1.29, 1.82) is 0 Å². The fraction of sp³-hybridized carbons (Fsp3) is 0.828. The molecule has 282 valence electrons. The molecule has 0 aromatic heterocycles. The van der Waals surface area contributed by atoms with E-state index in [1.165, 1.54) is 0 Å². The number of esters is 3. The smallest absolute Gasteiger partial charge is 0.850 e. The molecule has 0 aromatic carbocycles. The van der Waals surface area contributed by atoms with Gasteiger partial charge in [-0.15, -0.1) is 5.60 Å². The van der Waals surface area contributed by atoms with E-state index in [0.717, 1.165) is 0 Å². The number of hydrogen-bond acceptors (Lipinski definition) is 15. The molecule has 0 amide bonds. The summed E-state index contributed by atoms with van der Waals surface area (Å²) in [7, 11) is 0. The first-order valence-electron chi connectivity index (χ1n) is 13.9. The number of carboxylic acids is 2. The fourth-order valence-corrected chi connectivity index (χ4v) is 1.85. The molecule has 0 aromatic rings. The van der Waals surface area contributed by atoms with Gasteiger partial charge in [0.2, 0.25) is 0 Å². The molecule has 0 aliphatic heterocycles. The Hall–Kier alpha value is -0.814. The van der Waals surface area contributed by atoms with Crippen molar-refractivity contribution in [3.05, 3.63) is 0 Å². The second-order valence-corrected chi connectivity index (χ2v) is 13.1. The Balaban J connectivity index is -0.000000130. The van der Waals surface area contributed by atoms with Crippen LogP contribution in [0.2, 0.25) is 0 Å². The minimum atomic E-state index is -1.12. The molecule has 0 atom stereocenters. The van der Waals surface area contributed by atoms with Crippen molar-refractivity contribution in [2.75, 3.05) is 52.1 Å². The van der Waals surface area contributed by atoms with Gasteiger partial charge >= 0.3 is 81.2 Å². The van der Waals surface area contributed by atoms with Gasteiger partial charge in [-0.3, -0.25) is 4.79 Å². The maximum Gasteiger partial charge on any atom is 1.00 e. The van der Waals surface area contributed by atoms with E-state index in [4.69, 9.17) is 44.1 Å². The first-order valence-corrected chi connectivity index (χ1v) is 15.0. The Kier molecular flexibility index (Phi) is 41.2. The molecule has 0 radical (unpaired) electrons. The van der Waals surface area contributed by atoms with Crippen LogP contribution in [0, 0.1) is 0 Å². The molecule has 0 aliphatic carbocycles. The number of carbonyl (C=O) groups excluding carboxylic acids is 3. The van der Waals surface area contributed by atoms with Crippen LogP contribution in [-0.4, -0.2) is 125 Å². The first-order chi connectivity index (χ1) is 21.0. The number of aliphatic hydroxyl groups excluding tert-OH is 1. The summed E-state index contributed by atoms with van der Waals surface area (Å²) in [4.78, 5) is 52.7. The Labute approximate surface area is 334 Å². The summed E-state index contributed by atoms with van der Waals surface area (Å²) in [5.74, 6) is -3.42. The van der Waals surface area contributed by atoms with E-state index >= 15 is 0 Å². The van der Waals surface area contributed by atoms with E-state index in [1.54, 1.807) is 62.3 Å². The fourth-order valence-electron chi connectivity index (χ4n) is 1.74. The third kappa shape index (κ3) is 85.2. The standard InChI is InChI=1S/C13H24O6.C6H11BrO2.C5H8O6.C4H9O.CH4O2.K/c1-12(2,3)18-10(14)7-16-9-17-8-11(15)19-13(4,5)6;1-6(2,3)9-5(8)4-7;6-4(7)1-10-3-11-2-5(8)9;1-4(2,3)5;2-1-3;/h7-9H2,1-6H3;4H2,1-3H3;1-3H2,(H,6,7)(H,8,9);1-3H3;2-3H,1H2;/q;;;-1;;+1. The molecule has 0 unspecified atom stereocenters. The summed E-state index contributed by atoms with van der Waals surface area (Å²) in [6, 6.07) is 0. The number of carboxylic acid groups (broad SMARTS) is 2. The molecule has 0 fully saturated rings. The van der Waals surface area contributed by atoms with E-state index < -0.39 is 60.7 Å². The van der Waals surface area contributed by atoms with E-state index in [0.29, 0.717) is 0 Å². The Morgan fingerprint density at radius 2 is 0.750 bits per heavy atom. The average Bonchev–Trinajstić information content (AvgIpc) is 2.80. The third-order valence-corrected chi connectivity index (χ3v) is 3.05. The van der Waals surface area contributed by atoms with Crippen LogP contribution in [0.1, 0.15) is 83.1 Å². The topological polar surface area (TPSA) is 254 Å². The summed E-state index contributed by atoms with van der Waals surface area (Å²) in [6.07, 6.45) is 0. The summed E-state index contributed by atoms with van der Waals surface area (Å²) in [6.45, 7) is 18.4. The molecular formula is C29H56BrKO17. The molecule has 48 heavy (non-hydrogen) atoms. The molecule has 0 saturated carbocycles. The Morgan fingerprint density at radius 3 is 0.917 bits per heavy atom. The maximum atomic E-state index is 11.2. The van der Waals surface area contributed by atoms with Gasteiger partial charge in [0, 0.05) is 0 Å². The summed E-state index contributed by atoms with van der Waals surface area (Å²) in [5.41, 5.74) is -2.19. The number of carbonyl (C=O) groups is 5. The van der Waals surface area contributed by atoms with Crippen molar-refractivity contribution in [2.45, 2.75) is 105 Å². The number of ether oxygens (including phenoxy) is 7. The van der Waals surface area contributed by atoms with Gasteiger partial charge in [0.15, 0.2) is 0 Å². The van der Waals surface area contributed by atoms with Crippen LogP contribution in [0.5, 0.6) is 0 Å². The van der Waals surface area contributed by atoms with E-state index in [9.17, 15) is 29.1 Å². The van der Waals surface area contributed by atoms with Crippen molar-refractivity contribution in [1.82, 2.24) is 0 Å². The molecule has 0 rings (SSSR count).